The maximum Gasteiger partial charge on any atom is 0.390 e. The average molecular weight is 933 g/mol. The Hall–Kier alpha value is -4.24. The molecule has 1 aromatic carbocycles. The summed E-state index contributed by atoms with van der Waals surface area (Å²) in [6, 6.07) is 7.76. The van der Waals surface area contributed by atoms with Crippen LogP contribution in [-0.4, -0.2) is 101 Å². The number of imidazole rings is 2. The van der Waals surface area contributed by atoms with Crippen LogP contribution in [0.2, 0.25) is 0 Å². The number of nitriles is 1. The standard InChI is InChI=1S/C36H36F2N10O10P2S2/c37-27-31-26-15-54-60(61,52-13-7-12-39)58-32-25(14-53-59(51,57-31)62-16-21-8-5-6-11-24(21)48(49)50)55-36(28(32)38)47-20-45-30-23(41-18-43-34(30)47)10-4-2-1-3-9-22-29-33(42-17-40-22)46(19-44-29)35(27)56-26/h1-2,5-6,8,11,17-20,25-28,31-32,35-36H,3-4,7,9-10,13-16H2/b2-1+/t25-,26?,27-,28-,31-,32-,35-,36-,59?,60?/m1/s1. The lowest BCUT2D eigenvalue weighted by atomic mass is 10.1. The van der Waals surface area contributed by atoms with Gasteiger partial charge in [-0.05, 0) is 48.9 Å². The van der Waals surface area contributed by atoms with Gasteiger partial charge in [-0.3, -0.25) is 32.8 Å². The number of nitrogens with zero attached hydrogens (tertiary/aromatic N) is 10. The Morgan fingerprint density at radius 2 is 1.47 bits per heavy atom. The number of hydrogen-bond donors (Lipinski definition) is 0. The van der Waals surface area contributed by atoms with Crippen molar-refractivity contribution >= 4 is 64.7 Å². The molecule has 5 aromatic rings. The van der Waals surface area contributed by atoms with Crippen molar-refractivity contribution < 1.29 is 50.4 Å². The molecule has 0 N–H and O–H groups in total. The minimum atomic E-state index is -4.63. The van der Waals surface area contributed by atoms with E-state index < -0.39 is 80.9 Å². The Labute approximate surface area is 360 Å². The maximum atomic E-state index is 17.2. The second kappa shape index (κ2) is 18.1. The zero-order valence-electron chi connectivity index (χ0n) is 32.3. The number of nitro benzene ring substituents is 1. The van der Waals surface area contributed by atoms with Crippen LogP contribution < -0.4 is 0 Å². The van der Waals surface area contributed by atoms with Gasteiger partial charge in [0.1, 0.15) is 48.1 Å². The first-order valence-electron chi connectivity index (χ1n) is 19.4. The first-order chi connectivity index (χ1) is 30.0. The van der Waals surface area contributed by atoms with E-state index in [1.54, 1.807) is 6.07 Å². The second-order valence-corrected chi connectivity index (χ2v) is 21.4. The Morgan fingerprint density at radius 1 is 0.887 bits per heavy atom. The molecule has 10 atom stereocenters. The fourth-order valence-electron chi connectivity index (χ4n) is 7.56. The molecule has 9 heterocycles. The predicted octanol–water partition coefficient (Wildman–Crippen LogP) is 6.49. The number of benzene rings is 1. The summed E-state index contributed by atoms with van der Waals surface area (Å²) in [6.07, 6.45) is -1.73. The van der Waals surface area contributed by atoms with Gasteiger partial charge in [0.15, 0.2) is 36.1 Å². The van der Waals surface area contributed by atoms with E-state index in [0.717, 1.165) is 0 Å². The third-order valence-corrected chi connectivity index (χ3v) is 16.5. The predicted molar refractivity (Wildman–Crippen MR) is 218 cm³/mol. The molecule has 10 rings (SSSR count). The molecule has 14 bridgehead atoms. The van der Waals surface area contributed by atoms with E-state index in [1.165, 1.54) is 52.6 Å². The molecule has 4 aromatic heterocycles. The number of halogens is 2. The van der Waals surface area contributed by atoms with Gasteiger partial charge in [-0.15, -0.1) is 0 Å². The van der Waals surface area contributed by atoms with Crippen molar-refractivity contribution in [2.24, 2.45) is 0 Å². The minimum Gasteiger partial charge on any atom is -0.346 e. The maximum absolute atomic E-state index is 17.2. The molecule has 3 fully saturated rings. The van der Waals surface area contributed by atoms with E-state index in [-0.39, 0.29) is 41.3 Å². The Kier molecular flexibility index (Phi) is 12.6. The minimum absolute atomic E-state index is 0.128. The summed E-state index contributed by atoms with van der Waals surface area (Å²) in [5.74, 6) is -0.277. The van der Waals surface area contributed by atoms with Crippen LogP contribution in [0.5, 0.6) is 0 Å². The molecular weight excluding hydrogens is 897 g/mol. The molecule has 3 saturated heterocycles. The Bertz CT molecular complexity index is 2660. The lowest BCUT2D eigenvalue weighted by Crippen LogP contribution is -2.37. The topological polar surface area (TPSA) is 236 Å². The average Bonchev–Trinajstić information content (AvgIpc) is 4.04. The number of ether oxygens (including phenoxy) is 2. The molecule has 5 aliphatic rings. The molecule has 20 nitrogen and oxygen atoms in total. The summed E-state index contributed by atoms with van der Waals surface area (Å²) in [5, 5.41) is 21.2. The van der Waals surface area contributed by atoms with Gasteiger partial charge >= 0.3 is 13.5 Å². The molecule has 326 valence electrons. The first-order valence-corrected chi connectivity index (χ1v) is 25.0. The van der Waals surface area contributed by atoms with E-state index in [2.05, 4.69) is 29.9 Å². The summed E-state index contributed by atoms with van der Waals surface area (Å²) in [7, 11) is 0. The summed E-state index contributed by atoms with van der Waals surface area (Å²) < 4.78 is 95.0. The van der Waals surface area contributed by atoms with Crippen LogP contribution in [0, 0.1) is 21.4 Å². The fourth-order valence-corrected chi connectivity index (χ4v) is 13.0. The third-order valence-electron chi connectivity index (χ3n) is 10.5. The van der Waals surface area contributed by atoms with Gasteiger partial charge in [0, 0.05) is 17.4 Å². The van der Waals surface area contributed by atoms with Crippen LogP contribution in [0.4, 0.5) is 14.5 Å². The van der Waals surface area contributed by atoms with Gasteiger partial charge < -0.3 is 18.5 Å². The SMILES string of the molecule is N#CCCOP1(=S)OCC2O[C@@H]3[C@H](F)[C@@H]2OP(=O)(SCc2ccccc2[N+](=O)[O-])OC[C@H]2O[C@H]([C@H](F)[C@@H]2O1)n1cnc2c(ncnc21)CC/C=C/CCc1ncnc2c1ncn23. The fraction of sp³-hybridized carbons (Fsp3) is 0.472. The monoisotopic (exact) mass is 932 g/mol. The highest BCUT2D eigenvalue weighted by Gasteiger charge is 2.55. The van der Waals surface area contributed by atoms with Crippen molar-refractivity contribution in [2.45, 2.75) is 87.1 Å². The van der Waals surface area contributed by atoms with Gasteiger partial charge in [0.2, 0.25) is 0 Å². The van der Waals surface area contributed by atoms with Crippen LogP contribution in [-0.2, 0) is 67.1 Å². The number of allylic oxidation sites excluding steroid dienone is 2. The van der Waals surface area contributed by atoms with Gasteiger partial charge in [0.05, 0.1) is 61.3 Å². The summed E-state index contributed by atoms with van der Waals surface area (Å²) in [6.45, 7) is -10.2. The molecule has 0 amide bonds. The van der Waals surface area contributed by atoms with Crippen molar-refractivity contribution in [3.8, 4) is 6.07 Å². The number of aromatic nitrogens is 8. The molecule has 62 heavy (non-hydrogen) atoms. The van der Waals surface area contributed by atoms with E-state index in [0.29, 0.717) is 59.5 Å². The van der Waals surface area contributed by atoms with Gasteiger partial charge in [-0.2, -0.15) is 5.26 Å². The normalized spacial score (nSPS) is 32.1. The number of hydrogen-bond acceptors (Lipinski definition) is 19. The summed E-state index contributed by atoms with van der Waals surface area (Å²) >= 11 is 6.37. The number of alkyl halides is 2. The molecular formula is C36H36F2N10O10P2S2. The van der Waals surface area contributed by atoms with Gasteiger partial charge in [-0.1, -0.05) is 30.4 Å². The molecule has 5 aliphatic heterocycles. The molecule has 0 radical (unpaired) electrons. The van der Waals surface area contributed by atoms with Crippen LogP contribution >= 0.6 is 24.9 Å². The lowest BCUT2D eigenvalue weighted by molar-refractivity contribution is -0.385. The molecule has 0 aliphatic carbocycles. The molecule has 3 unspecified atom stereocenters. The molecule has 0 saturated carbocycles. The van der Waals surface area contributed by atoms with Crippen LogP contribution in [0.1, 0.15) is 48.7 Å². The second-order valence-electron chi connectivity index (χ2n) is 14.4. The number of fused-ring (bicyclic) bond motifs is 10. The zero-order valence-corrected chi connectivity index (χ0v) is 35.7. The number of para-hydroxylation sites is 1. The van der Waals surface area contributed by atoms with Crippen LogP contribution in [0.15, 0.2) is 61.7 Å². The smallest absolute Gasteiger partial charge is 0.346 e. The summed E-state index contributed by atoms with van der Waals surface area (Å²) in [4.78, 5) is 38.0. The van der Waals surface area contributed by atoms with E-state index >= 15 is 13.3 Å². The van der Waals surface area contributed by atoms with Gasteiger partial charge in [0.25, 0.3) is 5.69 Å². The van der Waals surface area contributed by atoms with Crippen LogP contribution in [0.25, 0.3) is 22.3 Å². The number of rotatable bonds is 7. The highest BCUT2D eigenvalue weighted by molar-refractivity contribution is 8.54. The number of nitro groups is 1. The van der Waals surface area contributed by atoms with Crippen LogP contribution in [0.3, 0.4) is 0 Å². The molecule has 26 heteroatoms. The van der Waals surface area contributed by atoms with E-state index in [9.17, 15) is 15.4 Å². The molecule has 0 spiro atoms. The highest BCUT2D eigenvalue weighted by atomic mass is 32.7. The van der Waals surface area contributed by atoms with Crippen molar-refractivity contribution in [3.63, 3.8) is 0 Å². The van der Waals surface area contributed by atoms with E-state index in [4.69, 9.17) is 43.9 Å². The Balaban J connectivity index is 1.16. The summed E-state index contributed by atoms with van der Waals surface area (Å²) in [5.41, 5.74) is 2.46. The lowest BCUT2D eigenvalue weighted by Gasteiger charge is -2.31. The van der Waals surface area contributed by atoms with Crippen molar-refractivity contribution in [2.75, 3.05) is 19.8 Å². The van der Waals surface area contributed by atoms with Crippen molar-refractivity contribution in [1.82, 2.24) is 39.0 Å². The van der Waals surface area contributed by atoms with Crippen molar-refractivity contribution in [1.29, 1.82) is 5.26 Å². The quantitative estimate of drug-likeness (QED) is 0.0557. The first kappa shape index (κ1) is 43.0. The number of aryl methyl sites for hydroxylation is 2. The Morgan fingerprint density at radius 3 is 2.06 bits per heavy atom. The van der Waals surface area contributed by atoms with E-state index in [1.807, 2.05) is 18.2 Å². The highest BCUT2D eigenvalue weighted by Crippen LogP contribution is 2.65. The largest absolute Gasteiger partial charge is 0.390 e. The van der Waals surface area contributed by atoms with Gasteiger partial charge in [-0.25, -0.2) is 43.2 Å². The third kappa shape index (κ3) is 8.56. The zero-order chi connectivity index (χ0) is 43.0. The van der Waals surface area contributed by atoms with Crippen molar-refractivity contribution in [3.05, 3.63) is 88.8 Å².